The van der Waals surface area contributed by atoms with Gasteiger partial charge in [0.1, 0.15) is 11.3 Å². The highest BCUT2D eigenvalue weighted by Gasteiger charge is 2.09. The molecule has 2 aromatic carbocycles. The van der Waals surface area contributed by atoms with E-state index in [-0.39, 0.29) is 18.1 Å². The normalized spacial score (nSPS) is 10.7. The number of hydrogen-bond acceptors (Lipinski definition) is 4. The first-order chi connectivity index (χ1) is 12.5. The fourth-order valence-electron chi connectivity index (χ4n) is 2.80. The maximum Gasteiger partial charge on any atom is 0.336 e. The van der Waals surface area contributed by atoms with E-state index < -0.39 is 0 Å². The molecule has 0 aliphatic carbocycles. The summed E-state index contributed by atoms with van der Waals surface area (Å²) in [6.45, 7) is 5.76. The molecule has 0 unspecified atom stereocenters. The first kappa shape index (κ1) is 17.7. The van der Waals surface area contributed by atoms with E-state index >= 15 is 0 Å². The number of rotatable bonds is 5. The zero-order chi connectivity index (χ0) is 18.7. The minimum atomic E-state index is -0.390. The molecule has 5 nitrogen and oxygen atoms in total. The summed E-state index contributed by atoms with van der Waals surface area (Å²) in [4.78, 5) is 23.8. The van der Waals surface area contributed by atoms with Gasteiger partial charge in [-0.1, -0.05) is 19.1 Å². The number of carbonyl (C=O) groups excluding carboxylic acids is 1. The van der Waals surface area contributed by atoms with Crippen LogP contribution in [0.3, 0.4) is 0 Å². The number of amides is 1. The van der Waals surface area contributed by atoms with Gasteiger partial charge in [-0.15, -0.1) is 0 Å². The number of fused-ring (bicyclic) bond motifs is 1. The number of carbonyl (C=O) groups is 1. The molecule has 3 rings (SSSR count). The lowest BCUT2D eigenvalue weighted by atomic mass is 10.1. The van der Waals surface area contributed by atoms with Crippen LogP contribution in [0, 0.1) is 13.8 Å². The van der Waals surface area contributed by atoms with E-state index in [2.05, 4.69) is 5.32 Å². The number of anilines is 1. The maximum atomic E-state index is 12.2. The Morgan fingerprint density at radius 3 is 2.69 bits per heavy atom. The second kappa shape index (κ2) is 7.44. The third kappa shape index (κ3) is 3.94. The SMILES string of the molecule is CCc1cc(=O)oc2cc(OCC(=O)Nc3cc(C)ccc3C)ccc12. The van der Waals surface area contributed by atoms with Crippen molar-refractivity contribution in [3.05, 3.63) is 69.6 Å². The van der Waals surface area contributed by atoms with Crippen LogP contribution in [-0.4, -0.2) is 12.5 Å². The van der Waals surface area contributed by atoms with Crippen molar-refractivity contribution in [2.75, 3.05) is 11.9 Å². The maximum absolute atomic E-state index is 12.2. The van der Waals surface area contributed by atoms with Crippen LogP contribution in [0.2, 0.25) is 0 Å². The van der Waals surface area contributed by atoms with E-state index in [0.717, 1.165) is 34.2 Å². The molecular weight excluding hydrogens is 330 g/mol. The van der Waals surface area contributed by atoms with Gasteiger partial charge in [0.15, 0.2) is 6.61 Å². The summed E-state index contributed by atoms with van der Waals surface area (Å²) in [5.74, 6) is 0.229. The minimum Gasteiger partial charge on any atom is -0.484 e. The van der Waals surface area contributed by atoms with Crippen molar-refractivity contribution in [3.8, 4) is 5.75 Å². The molecular formula is C21H21NO4. The molecule has 0 aliphatic rings. The third-order valence-electron chi connectivity index (χ3n) is 4.22. The summed E-state index contributed by atoms with van der Waals surface area (Å²) < 4.78 is 10.8. The van der Waals surface area contributed by atoms with Crippen LogP contribution in [0.5, 0.6) is 5.75 Å². The molecule has 0 atom stereocenters. The molecule has 134 valence electrons. The second-order valence-corrected chi connectivity index (χ2v) is 6.26. The van der Waals surface area contributed by atoms with Crippen molar-refractivity contribution in [3.63, 3.8) is 0 Å². The van der Waals surface area contributed by atoms with Gasteiger partial charge in [-0.25, -0.2) is 4.79 Å². The van der Waals surface area contributed by atoms with Crippen molar-refractivity contribution in [1.82, 2.24) is 0 Å². The van der Waals surface area contributed by atoms with E-state index in [1.165, 1.54) is 6.07 Å². The van der Waals surface area contributed by atoms with E-state index in [9.17, 15) is 9.59 Å². The van der Waals surface area contributed by atoms with Gasteiger partial charge in [0.05, 0.1) is 0 Å². The predicted octanol–water partition coefficient (Wildman–Crippen LogP) is 3.99. The minimum absolute atomic E-state index is 0.128. The number of aryl methyl sites for hydroxylation is 3. The molecule has 0 saturated heterocycles. The molecule has 0 fully saturated rings. The summed E-state index contributed by atoms with van der Waals surface area (Å²) in [6, 6.07) is 12.6. The van der Waals surface area contributed by atoms with E-state index in [0.29, 0.717) is 11.3 Å². The molecule has 26 heavy (non-hydrogen) atoms. The monoisotopic (exact) mass is 351 g/mol. The fraction of sp³-hybridized carbons (Fsp3) is 0.238. The first-order valence-electron chi connectivity index (χ1n) is 8.53. The lowest BCUT2D eigenvalue weighted by molar-refractivity contribution is -0.118. The van der Waals surface area contributed by atoms with Gasteiger partial charge in [-0.3, -0.25) is 4.79 Å². The Labute approximate surface area is 151 Å². The Kier molecular flexibility index (Phi) is 5.07. The largest absolute Gasteiger partial charge is 0.484 e. The Morgan fingerprint density at radius 2 is 1.92 bits per heavy atom. The van der Waals surface area contributed by atoms with Gasteiger partial charge in [-0.05, 0) is 55.2 Å². The molecule has 0 aliphatic heterocycles. The van der Waals surface area contributed by atoms with Crippen molar-refractivity contribution >= 4 is 22.6 Å². The van der Waals surface area contributed by atoms with E-state index in [1.54, 1.807) is 12.1 Å². The van der Waals surface area contributed by atoms with Gasteiger partial charge < -0.3 is 14.5 Å². The van der Waals surface area contributed by atoms with Gasteiger partial charge in [-0.2, -0.15) is 0 Å². The van der Waals surface area contributed by atoms with Gasteiger partial charge in [0.25, 0.3) is 5.91 Å². The van der Waals surface area contributed by atoms with Crippen molar-refractivity contribution in [1.29, 1.82) is 0 Å². The zero-order valence-corrected chi connectivity index (χ0v) is 15.1. The molecule has 1 N–H and O–H groups in total. The quantitative estimate of drug-likeness (QED) is 0.706. The molecule has 0 saturated carbocycles. The molecule has 5 heteroatoms. The van der Waals surface area contributed by atoms with Crippen LogP contribution in [-0.2, 0) is 11.2 Å². The summed E-state index contributed by atoms with van der Waals surface area (Å²) >= 11 is 0. The van der Waals surface area contributed by atoms with Gasteiger partial charge >= 0.3 is 5.63 Å². The summed E-state index contributed by atoms with van der Waals surface area (Å²) in [5.41, 5.74) is 3.83. The Hall–Kier alpha value is -3.08. The molecule has 1 amide bonds. The fourth-order valence-corrected chi connectivity index (χ4v) is 2.80. The Morgan fingerprint density at radius 1 is 1.12 bits per heavy atom. The number of benzene rings is 2. The van der Waals surface area contributed by atoms with Crippen LogP contribution >= 0.6 is 0 Å². The van der Waals surface area contributed by atoms with Crippen molar-refractivity contribution in [2.24, 2.45) is 0 Å². The van der Waals surface area contributed by atoms with E-state index in [4.69, 9.17) is 9.15 Å². The summed E-state index contributed by atoms with van der Waals surface area (Å²) in [7, 11) is 0. The van der Waals surface area contributed by atoms with Gasteiger partial charge in [0.2, 0.25) is 0 Å². The molecule has 1 aromatic heterocycles. The molecule has 3 aromatic rings. The predicted molar refractivity (Wildman–Crippen MR) is 102 cm³/mol. The Balaban J connectivity index is 1.72. The highest BCUT2D eigenvalue weighted by Crippen LogP contribution is 2.23. The van der Waals surface area contributed by atoms with Gasteiger partial charge in [0, 0.05) is 23.2 Å². The van der Waals surface area contributed by atoms with Crippen molar-refractivity contribution < 1.29 is 13.9 Å². The number of hydrogen-bond donors (Lipinski definition) is 1. The average molecular weight is 351 g/mol. The first-order valence-corrected chi connectivity index (χ1v) is 8.53. The zero-order valence-electron chi connectivity index (χ0n) is 15.1. The Bertz CT molecular complexity index is 1020. The topological polar surface area (TPSA) is 68.5 Å². The molecule has 0 bridgehead atoms. The van der Waals surface area contributed by atoms with Crippen LogP contribution < -0.4 is 15.7 Å². The third-order valence-corrected chi connectivity index (χ3v) is 4.22. The summed E-state index contributed by atoms with van der Waals surface area (Å²) in [6.07, 6.45) is 0.737. The van der Waals surface area contributed by atoms with Crippen LogP contribution in [0.1, 0.15) is 23.6 Å². The lowest BCUT2D eigenvalue weighted by Crippen LogP contribution is -2.20. The van der Waals surface area contributed by atoms with Crippen LogP contribution in [0.4, 0.5) is 5.69 Å². The highest BCUT2D eigenvalue weighted by atomic mass is 16.5. The number of nitrogens with one attached hydrogen (secondary N) is 1. The molecule has 1 heterocycles. The summed E-state index contributed by atoms with van der Waals surface area (Å²) in [5, 5.41) is 3.72. The second-order valence-electron chi connectivity index (χ2n) is 6.26. The van der Waals surface area contributed by atoms with Crippen LogP contribution in [0.15, 0.2) is 51.7 Å². The van der Waals surface area contributed by atoms with Crippen LogP contribution in [0.25, 0.3) is 11.0 Å². The lowest BCUT2D eigenvalue weighted by Gasteiger charge is -2.11. The average Bonchev–Trinajstić information content (AvgIpc) is 2.62. The standard InChI is InChI=1S/C21H21NO4/c1-4-15-10-21(24)26-19-11-16(7-8-17(15)19)25-12-20(23)22-18-9-13(2)5-6-14(18)3/h5-11H,4,12H2,1-3H3,(H,22,23). The van der Waals surface area contributed by atoms with E-state index in [1.807, 2.05) is 45.0 Å². The smallest absolute Gasteiger partial charge is 0.336 e. The highest BCUT2D eigenvalue weighted by molar-refractivity contribution is 5.92. The molecule has 0 spiro atoms. The molecule has 0 radical (unpaired) electrons. The van der Waals surface area contributed by atoms with Crippen molar-refractivity contribution in [2.45, 2.75) is 27.2 Å². The number of ether oxygens (including phenoxy) is 1.